The summed E-state index contributed by atoms with van der Waals surface area (Å²) in [6.07, 6.45) is 0. The van der Waals surface area contributed by atoms with E-state index in [4.69, 9.17) is 9.47 Å². The van der Waals surface area contributed by atoms with Gasteiger partial charge in [-0.1, -0.05) is 6.58 Å². The zero-order valence-corrected chi connectivity index (χ0v) is 9.49. The lowest BCUT2D eigenvalue weighted by Gasteiger charge is -2.31. The molecule has 15 heavy (non-hydrogen) atoms. The number of morpholine rings is 1. The first kappa shape index (κ1) is 12.2. The van der Waals surface area contributed by atoms with Crippen LogP contribution in [0.5, 0.6) is 0 Å². The van der Waals surface area contributed by atoms with Crippen LogP contribution < -0.4 is 0 Å². The SMILES string of the molecule is C=C(C)C(=O)OCC(C)N1CCOCC1. The van der Waals surface area contributed by atoms with Gasteiger partial charge in [-0.2, -0.15) is 0 Å². The Hall–Kier alpha value is -0.870. The van der Waals surface area contributed by atoms with Gasteiger partial charge in [-0.3, -0.25) is 4.90 Å². The Labute approximate surface area is 90.8 Å². The predicted molar refractivity (Wildman–Crippen MR) is 57.6 cm³/mol. The average Bonchev–Trinajstić information content (AvgIpc) is 2.26. The van der Waals surface area contributed by atoms with Gasteiger partial charge in [-0.05, 0) is 13.8 Å². The summed E-state index contributed by atoms with van der Waals surface area (Å²) in [6.45, 7) is 11.0. The Kier molecular flexibility index (Phi) is 4.78. The summed E-state index contributed by atoms with van der Waals surface area (Å²) in [5.74, 6) is -0.310. The molecule has 1 unspecified atom stereocenters. The standard InChI is InChI=1S/C11H19NO3/c1-9(2)11(13)15-8-10(3)12-4-6-14-7-5-12/h10H,1,4-8H2,2-3H3. The lowest BCUT2D eigenvalue weighted by Crippen LogP contribution is -2.44. The van der Waals surface area contributed by atoms with E-state index in [0.717, 1.165) is 26.3 Å². The number of esters is 1. The molecule has 1 heterocycles. The highest BCUT2D eigenvalue weighted by Gasteiger charge is 2.18. The van der Waals surface area contributed by atoms with E-state index < -0.39 is 0 Å². The maximum Gasteiger partial charge on any atom is 0.333 e. The van der Waals surface area contributed by atoms with Crippen LogP contribution in [0.25, 0.3) is 0 Å². The van der Waals surface area contributed by atoms with E-state index in [1.54, 1.807) is 6.92 Å². The van der Waals surface area contributed by atoms with Crippen molar-refractivity contribution in [3.8, 4) is 0 Å². The smallest absolute Gasteiger partial charge is 0.333 e. The van der Waals surface area contributed by atoms with Gasteiger partial charge in [0, 0.05) is 24.7 Å². The van der Waals surface area contributed by atoms with Crippen molar-refractivity contribution >= 4 is 5.97 Å². The maximum absolute atomic E-state index is 11.2. The molecule has 1 rings (SSSR count). The van der Waals surface area contributed by atoms with Gasteiger partial charge < -0.3 is 9.47 Å². The largest absolute Gasteiger partial charge is 0.461 e. The number of hydrogen-bond acceptors (Lipinski definition) is 4. The summed E-state index contributed by atoms with van der Waals surface area (Å²) in [5.41, 5.74) is 0.448. The molecule has 0 radical (unpaired) electrons. The van der Waals surface area contributed by atoms with Crippen molar-refractivity contribution in [3.63, 3.8) is 0 Å². The highest BCUT2D eigenvalue weighted by molar-refractivity contribution is 5.86. The fourth-order valence-electron chi connectivity index (χ4n) is 1.44. The van der Waals surface area contributed by atoms with Crippen LogP contribution in [0, 0.1) is 0 Å². The number of carbonyl (C=O) groups excluding carboxylic acids is 1. The second kappa shape index (κ2) is 5.88. The zero-order chi connectivity index (χ0) is 11.3. The molecular formula is C11H19NO3. The molecule has 1 fully saturated rings. The van der Waals surface area contributed by atoms with Crippen molar-refractivity contribution in [2.45, 2.75) is 19.9 Å². The molecule has 0 amide bonds. The van der Waals surface area contributed by atoms with Crippen LogP contribution in [-0.4, -0.2) is 49.8 Å². The molecule has 0 bridgehead atoms. The molecule has 4 nitrogen and oxygen atoms in total. The minimum atomic E-state index is -0.310. The van der Waals surface area contributed by atoms with Gasteiger partial charge in [0.15, 0.2) is 0 Å². The molecule has 0 aromatic carbocycles. The lowest BCUT2D eigenvalue weighted by atomic mass is 10.2. The van der Waals surface area contributed by atoms with Crippen molar-refractivity contribution in [2.75, 3.05) is 32.9 Å². The lowest BCUT2D eigenvalue weighted by molar-refractivity contribution is -0.141. The summed E-state index contributed by atoms with van der Waals surface area (Å²) in [6, 6.07) is 0.247. The van der Waals surface area contributed by atoms with E-state index in [1.807, 2.05) is 0 Å². The first-order chi connectivity index (χ1) is 7.11. The Bertz CT molecular complexity index is 234. The topological polar surface area (TPSA) is 38.8 Å². The van der Waals surface area contributed by atoms with Gasteiger partial charge in [-0.25, -0.2) is 4.79 Å². The number of rotatable bonds is 4. The van der Waals surface area contributed by atoms with E-state index in [9.17, 15) is 4.79 Å². The van der Waals surface area contributed by atoms with Crippen molar-refractivity contribution < 1.29 is 14.3 Å². The maximum atomic E-state index is 11.2. The van der Waals surface area contributed by atoms with Crippen LogP contribution in [0.15, 0.2) is 12.2 Å². The van der Waals surface area contributed by atoms with Crippen LogP contribution in [0.3, 0.4) is 0 Å². The van der Waals surface area contributed by atoms with Gasteiger partial charge in [-0.15, -0.1) is 0 Å². The quantitative estimate of drug-likeness (QED) is 0.512. The van der Waals surface area contributed by atoms with Gasteiger partial charge in [0.25, 0.3) is 0 Å². The summed E-state index contributed by atoms with van der Waals surface area (Å²) in [4.78, 5) is 13.4. The minimum absolute atomic E-state index is 0.247. The highest BCUT2D eigenvalue weighted by Crippen LogP contribution is 2.04. The molecule has 1 saturated heterocycles. The van der Waals surface area contributed by atoms with Gasteiger partial charge in [0.1, 0.15) is 6.61 Å². The van der Waals surface area contributed by atoms with Crippen LogP contribution >= 0.6 is 0 Å². The molecule has 0 spiro atoms. The number of hydrogen-bond donors (Lipinski definition) is 0. The third kappa shape index (κ3) is 4.01. The van der Waals surface area contributed by atoms with E-state index in [-0.39, 0.29) is 12.0 Å². The second-order valence-electron chi connectivity index (χ2n) is 3.88. The molecule has 0 aliphatic carbocycles. The molecule has 1 atom stereocenters. The third-order valence-electron chi connectivity index (χ3n) is 2.47. The molecule has 0 aromatic heterocycles. The summed E-state index contributed by atoms with van der Waals surface area (Å²) < 4.78 is 10.3. The summed E-state index contributed by atoms with van der Waals surface area (Å²) >= 11 is 0. The Morgan fingerprint density at radius 3 is 2.67 bits per heavy atom. The first-order valence-electron chi connectivity index (χ1n) is 5.25. The van der Waals surface area contributed by atoms with E-state index in [1.165, 1.54) is 0 Å². The van der Waals surface area contributed by atoms with E-state index in [2.05, 4.69) is 18.4 Å². The molecule has 0 aromatic rings. The van der Waals surface area contributed by atoms with Crippen LogP contribution in [0.2, 0.25) is 0 Å². The Morgan fingerprint density at radius 1 is 1.53 bits per heavy atom. The van der Waals surface area contributed by atoms with E-state index in [0.29, 0.717) is 12.2 Å². The van der Waals surface area contributed by atoms with Crippen molar-refractivity contribution in [1.29, 1.82) is 0 Å². The Balaban J connectivity index is 2.25. The van der Waals surface area contributed by atoms with Crippen LogP contribution in [-0.2, 0) is 14.3 Å². The average molecular weight is 213 g/mol. The summed E-state index contributed by atoms with van der Waals surface area (Å²) in [5, 5.41) is 0. The minimum Gasteiger partial charge on any atom is -0.461 e. The zero-order valence-electron chi connectivity index (χ0n) is 9.49. The molecule has 1 aliphatic heterocycles. The number of carbonyl (C=O) groups is 1. The first-order valence-corrected chi connectivity index (χ1v) is 5.25. The monoisotopic (exact) mass is 213 g/mol. The number of nitrogens with zero attached hydrogens (tertiary/aromatic N) is 1. The van der Waals surface area contributed by atoms with Crippen LogP contribution in [0.4, 0.5) is 0 Å². The highest BCUT2D eigenvalue weighted by atomic mass is 16.5. The number of ether oxygens (including phenoxy) is 2. The fraction of sp³-hybridized carbons (Fsp3) is 0.727. The third-order valence-corrected chi connectivity index (χ3v) is 2.47. The predicted octanol–water partition coefficient (Wildman–Crippen LogP) is 0.826. The van der Waals surface area contributed by atoms with Crippen LogP contribution in [0.1, 0.15) is 13.8 Å². The molecule has 0 saturated carbocycles. The molecule has 86 valence electrons. The van der Waals surface area contributed by atoms with Crippen molar-refractivity contribution in [2.24, 2.45) is 0 Å². The Morgan fingerprint density at radius 2 is 2.13 bits per heavy atom. The molecule has 0 N–H and O–H groups in total. The summed E-state index contributed by atoms with van der Waals surface area (Å²) in [7, 11) is 0. The van der Waals surface area contributed by atoms with Crippen molar-refractivity contribution in [3.05, 3.63) is 12.2 Å². The normalized spacial score (nSPS) is 19.6. The van der Waals surface area contributed by atoms with Crippen molar-refractivity contribution in [1.82, 2.24) is 4.90 Å². The van der Waals surface area contributed by atoms with E-state index >= 15 is 0 Å². The van der Waals surface area contributed by atoms with Gasteiger partial charge >= 0.3 is 5.97 Å². The fourth-order valence-corrected chi connectivity index (χ4v) is 1.44. The molecular weight excluding hydrogens is 194 g/mol. The molecule has 1 aliphatic rings. The van der Waals surface area contributed by atoms with Gasteiger partial charge in [0.05, 0.1) is 13.2 Å². The second-order valence-corrected chi connectivity index (χ2v) is 3.88. The van der Waals surface area contributed by atoms with Gasteiger partial charge in [0.2, 0.25) is 0 Å². The molecule has 4 heteroatoms.